The standard InChI is InChI=1S/C22H28O/c1-22-14-8-13(15-9-2-3-10(6-9)16(14)15)19(22)20-17-11-4-5-12(7-11)18(17)21(22)23-20/h2-3,9-21H,4-8H2,1H3. The molecule has 5 saturated carbocycles. The van der Waals surface area contributed by atoms with Crippen LogP contribution in [0.2, 0.25) is 0 Å². The lowest BCUT2D eigenvalue weighted by Crippen LogP contribution is -2.55. The summed E-state index contributed by atoms with van der Waals surface area (Å²) in [4.78, 5) is 0. The van der Waals surface area contributed by atoms with Crippen molar-refractivity contribution in [3.8, 4) is 0 Å². The van der Waals surface area contributed by atoms with E-state index in [1.165, 1.54) is 19.3 Å². The molecular weight excluding hydrogens is 280 g/mol. The van der Waals surface area contributed by atoms with Gasteiger partial charge in [0.1, 0.15) is 0 Å². The smallest absolute Gasteiger partial charge is 0.0673 e. The molecule has 8 rings (SSSR count). The van der Waals surface area contributed by atoms with Crippen LogP contribution in [0.3, 0.4) is 0 Å². The highest BCUT2D eigenvalue weighted by Gasteiger charge is 2.80. The van der Waals surface area contributed by atoms with Crippen LogP contribution in [-0.2, 0) is 4.74 Å². The van der Waals surface area contributed by atoms with Gasteiger partial charge in [-0.25, -0.2) is 0 Å². The predicted molar refractivity (Wildman–Crippen MR) is 87.4 cm³/mol. The topological polar surface area (TPSA) is 9.23 Å². The van der Waals surface area contributed by atoms with Gasteiger partial charge in [0.25, 0.3) is 0 Å². The van der Waals surface area contributed by atoms with Crippen molar-refractivity contribution in [3.63, 3.8) is 0 Å². The van der Waals surface area contributed by atoms with Crippen molar-refractivity contribution in [1.29, 1.82) is 0 Å². The van der Waals surface area contributed by atoms with Gasteiger partial charge in [0.2, 0.25) is 0 Å². The van der Waals surface area contributed by atoms with Crippen molar-refractivity contribution < 1.29 is 4.74 Å². The molecule has 1 nitrogen and oxygen atoms in total. The van der Waals surface area contributed by atoms with E-state index in [1.54, 1.807) is 12.8 Å². The monoisotopic (exact) mass is 308 g/mol. The first-order chi connectivity index (χ1) is 11.3. The molecule has 14 atom stereocenters. The largest absolute Gasteiger partial charge is 0.373 e. The molecule has 7 fully saturated rings. The lowest BCUT2D eigenvalue weighted by Gasteiger charge is -2.53. The fourth-order valence-electron chi connectivity index (χ4n) is 11.0. The van der Waals surface area contributed by atoms with Gasteiger partial charge in [-0.1, -0.05) is 19.1 Å². The van der Waals surface area contributed by atoms with Crippen LogP contribution in [0.1, 0.15) is 39.0 Å². The second-order valence-corrected chi connectivity index (χ2v) is 11.0. The molecule has 2 aliphatic heterocycles. The average Bonchev–Trinajstić information content (AvgIpc) is 3.34. The molecule has 6 aliphatic carbocycles. The maximum absolute atomic E-state index is 6.91. The predicted octanol–water partition coefficient (Wildman–Crippen LogP) is 4.14. The van der Waals surface area contributed by atoms with Gasteiger partial charge in [-0.15, -0.1) is 0 Å². The van der Waals surface area contributed by atoms with Crippen LogP contribution in [-0.4, -0.2) is 12.2 Å². The number of rotatable bonds is 0. The zero-order chi connectivity index (χ0) is 14.7. The first kappa shape index (κ1) is 12.1. The molecule has 8 aliphatic rings. The van der Waals surface area contributed by atoms with Crippen LogP contribution < -0.4 is 0 Å². The Labute approximate surface area is 139 Å². The minimum atomic E-state index is 0.570. The van der Waals surface area contributed by atoms with Gasteiger partial charge < -0.3 is 4.74 Å². The molecule has 2 heterocycles. The Kier molecular flexibility index (Phi) is 1.76. The van der Waals surface area contributed by atoms with Gasteiger partial charge in [-0.3, -0.25) is 0 Å². The quantitative estimate of drug-likeness (QED) is 0.483. The number of hydrogen-bond acceptors (Lipinski definition) is 1. The van der Waals surface area contributed by atoms with E-state index in [0.717, 1.165) is 65.1 Å². The fraction of sp³-hybridized carbons (Fsp3) is 0.909. The van der Waals surface area contributed by atoms with Crippen LogP contribution in [0, 0.1) is 70.5 Å². The SMILES string of the molecule is CC12C3CC(C4C5C=CC(C5)C43)C1C1OC2C2C3CCC(C3)C12. The molecule has 0 spiro atoms. The van der Waals surface area contributed by atoms with E-state index in [2.05, 4.69) is 19.1 Å². The maximum Gasteiger partial charge on any atom is 0.0673 e. The third kappa shape index (κ3) is 1.00. The van der Waals surface area contributed by atoms with E-state index >= 15 is 0 Å². The van der Waals surface area contributed by atoms with Crippen molar-refractivity contribution in [1.82, 2.24) is 0 Å². The van der Waals surface area contributed by atoms with E-state index in [-0.39, 0.29) is 0 Å². The summed E-state index contributed by atoms with van der Waals surface area (Å²) in [6, 6.07) is 0. The molecule has 0 amide bonds. The number of ether oxygens (including phenoxy) is 1. The van der Waals surface area contributed by atoms with Crippen molar-refractivity contribution in [3.05, 3.63) is 12.2 Å². The highest BCUT2D eigenvalue weighted by molar-refractivity contribution is 5.30. The van der Waals surface area contributed by atoms with Gasteiger partial charge >= 0.3 is 0 Å². The van der Waals surface area contributed by atoms with Crippen molar-refractivity contribution in [2.45, 2.75) is 51.2 Å². The zero-order valence-corrected chi connectivity index (χ0v) is 14.1. The van der Waals surface area contributed by atoms with Crippen molar-refractivity contribution in [2.75, 3.05) is 0 Å². The molecule has 23 heavy (non-hydrogen) atoms. The Balaban J connectivity index is 1.29. The third-order valence-corrected chi connectivity index (χ3v) is 11.1. The Morgan fingerprint density at radius 1 is 0.870 bits per heavy atom. The van der Waals surface area contributed by atoms with E-state index in [0.29, 0.717) is 17.6 Å². The summed E-state index contributed by atoms with van der Waals surface area (Å²) in [5.74, 6) is 11.1. The molecule has 0 aromatic carbocycles. The Hall–Kier alpha value is -0.300. The summed E-state index contributed by atoms with van der Waals surface area (Å²) in [6.45, 7) is 2.71. The highest BCUT2D eigenvalue weighted by atomic mass is 16.5. The maximum atomic E-state index is 6.91. The summed E-state index contributed by atoms with van der Waals surface area (Å²) in [7, 11) is 0. The molecule has 122 valence electrons. The summed E-state index contributed by atoms with van der Waals surface area (Å²) >= 11 is 0. The molecule has 1 heteroatoms. The highest BCUT2D eigenvalue weighted by Crippen LogP contribution is 2.81. The van der Waals surface area contributed by atoms with Crippen molar-refractivity contribution in [2.24, 2.45) is 70.5 Å². The lowest BCUT2D eigenvalue weighted by molar-refractivity contribution is -0.0488. The fourth-order valence-corrected chi connectivity index (χ4v) is 11.0. The van der Waals surface area contributed by atoms with E-state index in [1.807, 2.05) is 0 Å². The van der Waals surface area contributed by atoms with E-state index in [4.69, 9.17) is 4.74 Å². The van der Waals surface area contributed by atoms with Gasteiger partial charge in [0.15, 0.2) is 0 Å². The normalized spacial score (nSPS) is 77.2. The molecule has 8 bridgehead atoms. The second-order valence-electron chi connectivity index (χ2n) is 11.0. The summed E-state index contributed by atoms with van der Waals surface area (Å²) < 4.78 is 6.91. The Bertz CT molecular complexity index is 652. The first-order valence-corrected chi connectivity index (χ1v) is 10.6. The van der Waals surface area contributed by atoms with Gasteiger partial charge in [-0.2, -0.15) is 0 Å². The zero-order valence-electron chi connectivity index (χ0n) is 14.1. The lowest BCUT2D eigenvalue weighted by atomic mass is 9.49. The Morgan fingerprint density at radius 2 is 1.65 bits per heavy atom. The van der Waals surface area contributed by atoms with Gasteiger partial charge in [-0.05, 0) is 97.2 Å². The van der Waals surface area contributed by atoms with Crippen LogP contribution in [0.15, 0.2) is 12.2 Å². The summed E-state index contributed by atoms with van der Waals surface area (Å²) in [5.41, 5.74) is 0.570. The molecule has 0 aromatic rings. The van der Waals surface area contributed by atoms with Crippen molar-refractivity contribution >= 4 is 0 Å². The number of hydrogen-bond donors (Lipinski definition) is 0. The first-order valence-electron chi connectivity index (χ1n) is 10.6. The molecule has 2 saturated heterocycles. The summed E-state index contributed by atoms with van der Waals surface area (Å²) in [5, 5.41) is 0. The van der Waals surface area contributed by atoms with Gasteiger partial charge in [0, 0.05) is 5.41 Å². The molecule has 0 N–H and O–H groups in total. The average molecular weight is 308 g/mol. The van der Waals surface area contributed by atoms with Crippen LogP contribution >= 0.6 is 0 Å². The minimum Gasteiger partial charge on any atom is -0.373 e. The minimum absolute atomic E-state index is 0.570. The van der Waals surface area contributed by atoms with Gasteiger partial charge in [0.05, 0.1) is 12.2 Å². The number of allylic oxidation sites excluding steroid dienone is 2. The van der Waals surface area contributed by atoms with Crippen LogP contribution in [0.4, 0.5) is 0 Å². The van der Waals surface area contributed by atoms with Crippen LogP contribution in [0.5, 0.6) is 0 Å². The molecular formula is C22H28O. The second kappa shape index (κ2) is 3.35. The van der Waals surface area contributed by atoms with E-state index in [9.17, 15) is 0 Å². The molecule has 0 radical (unpaired) electrons. The van der Waals surface area contributed by atoms with Crippen LogP contribution in [0.25, 0.3) is 0 Å². The third-order valence-electron chi connectivity index (χ3n) is 11.1. The van der Waals surface area contributed by atoms with E-state index < -0.39 is 0 Å². The Morgan fingerprint density at radius 3 is 2.52 bits per heavy atom. The summed E-state index contributed by atoms with van der Waals surface area (Å²) in [6.07, 6.45) is 14.3. The number of fused-ring (bicyclic) bond motifs is 23. The molecule has 14 unspecified atom stereocenters. The molecule has 0 aromatic heterocycles.